The number of halogens is 2. The van der Waals surface area contributed by atoms with E-state index < -0.39 is 23.3 Å². The van der Waals surface area contributed by atoms with E-state index in [1.807, 2.05) is 32.6 Å². The molecule has 0 saturated heterocycles. The Kier molecular flexibility index (Phi) is 4.82. The summed E-state index contributed by atoms with van der Waals surface area (Å²) in [6, 6.07) is 3.28. The topological polar surface area (TPSA) is 23.5 Å². The van der Waals surface area contributed by atoms with Crippen molar-refractivity contribution in [1.82, 2.24) is 4.90 Å². The Labute approximate surface area is 107 Å². The van der Waals surface area contributed by atoms with Crippen molar-refractivity contribution in [3.05, 3.63) is 35.4 Å². The fourth-order valence-corrected chi connectivity index (χ4v) is 2.32. The molecule has 1 aromatic carbocycles. The van der Waals surface area contributed by atoms with Crippen LogP contribution in [-0.4, -0.2) is 28.6 Å². The normalized spacial score (nSPS) is 14.0. The summed E-state index contributed by atoms with van der Waals surface area (Å²) in [5.74, 6) is -1.34. The van der Waals surface area contributed by atoms with E-state index in [0.717, 1.165) is 19.2 Å². The molecule has 102 valence electrons. The van der Waals surface area contributed by atoms with Gasteiger partial charge in [0.25, 0.3) is 0 Å². The molecule has 0 fully saturated rings. The summed E-state index contributed by atoms with van der Waals surface area (Å²) < 4.78 is 26.6. The number of hydrogen-bond acceptors (Lipinski definition) is 2. The molecule has 0 aliphatic carbocycles. The highest BCUT2D eigenvalue weighted by Gasteiger charge is 2.35. The predicted molar refractivity (Wildman–Crippen MR) is 68.3 cm³/mol. The molecule has 1 aromatic rings. The van der Waals surface area contributed by atoms with E-state index in [9.17, 15) is 13.9 Å². The zero-order chi connectivity index (χ0) is 13.9. The first-order valence-electron chi connectivity index (χ1n) is 6.22. The van der Waals surface area contributed by atoms with Crippen LogP contribution in [0, 0.1) is 11.6 Å². The van der Waals surface area contributed by atoms with E-state index in [2.05, 4.69) is 0 Å². The minimum Gasteiger partial charge on any atom is -0.386 e. The lowest BCUT2D eigenvalue weighted by molar-refractivity contribution is -0.00818. The molecule has 4 heteroatoms. The van der Waals surface area contributed by atoms with Gasteiger partial charge in [-0.05, 0) is 33.0 Å². The van der Waals surface area contributed by atoms with Crippen LogP contribution < -0.4 is 0 Å². The molecule has 0 aliphatic rings. The number of aliphatic hydroxyl groups excluding tert-OH is 1. The first-order chi connectivity index (χ1) is 8.34. The monoisotopic (exact) mass is 257 g/mol. The molecule has 18 heavy (non-hydrogen) atoms. The molecule has 0 saturated carbocycles. The van der Waals surface area contributed by atoms with Crippen molar-refractivity contribution in [1.29, 1.82) is 0 Å². The van der Waals surface area contributed by atoms with Gasteiger partial charge in [0.05, 0.1) is 6.10 Å². The van der Waals surface area contributed by atoms with Crippen LogP contribution in [0.15, 0.2) is 18.2 Å². The smallest absolute Gasteiger partial charge is 0.131 e. The summed E-state index contributed by atoms with van der Waals surface area (Å²) in [5, 5.41) is 10.3. The zero-order valence-electron chi connectivity index (χ0n) is 11.4. The van der Waals surface area contributed by atoms with Crippen molar-refractivity contribution in [2.75, 3.05) is 13.1 Å². The van der Waals surface area contributed by atoms with Crippen LogP contribution in [0.3, 0.4) is 0 Å². The van der Waals surface area contributed by atoms with E-state index in [4.69, 9.17) is 0 Å². The summed E-state index contributed by atoms with van der Waals surface area (Å²) in [4.78, 5) is 2.04. The summed E-state index contributed by atoms with van der Waals surface area (Å²) >= 11 is 0. The van der Waals surface area contributed by atoms with Crippen LogP contribution in [-0.2, 0) is 0 Å². The summed E-state index contributed by atoms with van der Waals surface area (Å²) in [6.45, 7) is 9.19. The summed E-state index contributed by atoms with van der Waals surface area (Å²) in [7, 11) is 0. The minimum absolute atomic E-state index is 0.133. The second-order valence-corrected chi connectivity index (χ2v) is 4.89. The first kappa shape index (κ1) is 15.1. The largest absolute Gasteiger partial charge is 0.386 e. The number of likely N-dealkylation sites (N-methyl/N-ethyl adjacent to an activating group) is 1. The molecule has 1 rings (SSSR count). The second kappa shape index (κ2) is 5.76. The number of aliphatic hydroxyl groups is 1. The van der Waals surface area contributed by atoms with Gasteiger partial charge in [-0.3, -0.25) is 4.90 Å². The maximum Gasteiger partial charge on any atom is 0.131 e. The molecule has 1 N–H and O–H groups in total. The molecule has 0 bridgehead atoms. The van der Waals surface area contributed by atoms with Gasteiger partial charge in [-0.15, -0.1) is 0 Å². The number of benzene rings is 1. The molecular formula is C14H21F2NO. The lowest BCUT2D eigenvalue weighted by Crippen LogP contribution is -2.48. The van der Waals surface area contributed by atoms with Crippen molar-refractivity contribution in [2.45, 2.75) is 39.3 Å². The molecule has 2 nitrogen and oxygen atoms in total. The molecule has 0 spiro atoms. The maximum absolute atomic E-state index is 13.7. The Morgan fingerprint density at radius 2 is 1.78 bits per heavy atom. The SMILES string of the molecule is CCN(CC)C(C)(C)C(O)c1ccc(F)cc1F. The fourth-order valence-electron chi connectivity index (χ4n) is 2.32. The number of nitrogens with zero attached hydrogens (tertiary/aromatic N) is 1. The molecule has 0 aromatic heterocycles. The van der Waals surface area contributed by atoms with Crippen LogP contribution >= 0.6 is 0 Å². The Bertz CT molecular complexity index is 403. The molecule has 0 heterocycles. The average Bonchev–Trinajstić information content (AvgIpc) is 2.29. The summed E-state index contributed by atoms with van der Waals surface area (Å²) in [5.41, 5.74) is -0.476. The minimum atomic E-state index is -1.00. The molecule has 0 aliphatic heterocycles. The highest BCUT2D eigenvalue weighted by Crippen LogP contribution is 2.32. The number of rotatable bonds is 5. The van der Waals surface area contributed by atoms with E-state index in [-0.39, 0.29) is 5.56 Å². The van der Waals surface area contributed by atoms with Gasteiger partial charge in [0.2, 0.25) is 0 Å². The third-order valence-electron chi connectivity index (χ3n) is 3.50. The van der Waals surface area contributed by atoms with E-state index in [1.54, 1.807) is 0 Å². The van der Waals surface area contributed by atoms with Crippen molar-refractivity contribution >= 4 is 0 Å². The molecular weight excluding hydrogens is 236 g/mol. The van der Waals surface area contributed by atoms with Gasteiger partial charge in [-0.25, -0.2) is 8.78 Å². The van der Waals surface area contributed by atoms with Crippen LogP contribution in [0.2, 0.25) is 0 Å². The molecule has 0 amide bonds. The van der Waals surface area contributed by atoms with Crippen LogP contribution in [0.5, 0.6) is 0 Å². The maximum atomic E-state index is 13.7. The van der Waals surface area contributed by atoms with Gasteiger partial charge in [-0.1, -0.05) is 19.9 Å². The highest BCUT2D eigenvalue weighted by atomic mass is 19.1. The Morgan fingerprint density at radius 3 is 2.22 bits per heavy atom. The van der Waals surface area contributed by atoms with Crippen molar-refractivity contribution < 1.29 is 13.9 Å². The van der Waals surface area contributed by atoms with Gasteiger partial charge in [0.15, 0.2) is 0 Å². The van der Waals surface area contributed by atoms with Gasteiger partial charge >= 0.3 is 0 Å². The fraction of sp³-hybridized carbons (Fsp3) is 0.571. The van der Waals surface area contributed by atoms with Crippen LogP contribution in [0.4, 0.5) is 8.78 Å². The van der Waals surface area contributed by atoms with Crippen LogP contribution in [0.1, 0.15) is 39.4 Å². The summed E-state index contributed by atoms with van der Waals surface area (Å²) in [6.07, 6.45) is -1.00. The second-order valence-electron chi connectivity index (χ2n) is 4.89. The van der Waals surface area contributed by atoms with Crippen molar-refractivity contribution in [3.8, 4) is 0 Å². The Hall–Kier alpha value is -1.00. The quantitative estimate of drug-likeness (QED) is 0.876. The average molecular weight is 257 g/mol. The highest BCUT2D eigenvalue weighted by molar-refractivity contribution is 5.23. The third-order valence-corrected chi connectivity index (χ3v) is 3.50. The van der Waals surface area contributed by atoms with E-state index in [1.165, 1.54) is 12.1 Å². The van der Waals surface area contributed by atoms with Crippen molar-refractivity contribution in [3.63, 3.8) is 0 Å². The van der Waals surface area contributed by atoms with Gasteiger partial charge in [-0.2, -0.15) is 0 Å². The molecule has 1 atom stereocenters. The standard InChI is InChI=1S/C14H21F2NO/c1-5-17(6-2)14(3,4)13(18)11-8-7-10(15)9-12(11)16/h7-9,13,18H,5-6H2,1-4H3. The predicted octanol–water partition coefficient (Wildman–Crippen LogP) is 3.12. The lowest BCUT2D eigenvalue weighted by Gasteiger charge is -2.41. The van der Waals surface area contributed by atoms with Gasteiger partial charge in [0, 0.05) is 17.2 Å². The molecule has 0 radical (unpaired) electrons. The molecule has 1 unspecified atom stereocenters. The zero-order valence-corrected chi connectivity index (χ0v) is 11.4. The lowest BCUT2D eigenvalue weighted by atomic mass is 9.89. The van der Waals surface area contributed by atoms with E-state index >= 15 is 0 Å². The van der Waals surface area contributed by atoms with Gasteiger partial charge < -0.3 is 5.11 Å². The number of hydrogen-bond donors (Lipinski definition) is 1. The first-order valence-corrected chi connectivity index (χ1v) is 6.22. The van der Waals surface area contributed by atoms with E-state index in [0.29, 0.717) is 0 Å². The third kappa shape index (κ3) is 2.87. The Balaban J connectivity index is 3.08. The van der Waals surface area contributed by atoms with Crippen LogP contribution in [0.25, 0.3) is 0 Å². The Morgan fingerprint density at radius 1 is 1.22 bits per heavy atom. The van der Waals surface area contributed by atoms with Gasteiger partial charge in [0.1, 0.15) is 11.6 Å². The van der Waals surface area contributed by atoms with Crippen molar-refractivity contribution in [2.24, 2.45) is 0 Å².